The Morgan fingerprint density at radius 1 is 1.33 bits per heavy atom. The zero-order chi connectivity index (χ0) is 11.3. The van der Waals surface area contributed by atoms with Crippen LogP contribution in [0.15, 0.2) is 32.9 Å². The molecular weight excluding hydrogens is 256 g/mol. The summed E-state index contributed by atoms with van der Waals surface area (Å²) >= 11 is 3.33. The lowest BCUT2D eigenvalue weighted by atomic mass is 10.2. The summed E-state index contributed by atoms with van der Waals surface area (Å²) < 4.78 is 0.955. The van der Waals surface area contributed by atoms with Gasteiger partial charge in [-0.15, -0.1) is 0 Å². The van der Waals surface area contributed by atoms with Crippen molar-refractivity contribution in [1.82, 2.24) is 0 Å². The molecule has 0 N–H and O–H groups in total. The van der Waals surface area contributed by atoms with Crippen LogP contribution in [0.2, 0.25) is 0 Å². The number of hydrogen-bond donors (Lipinski definition) is 0. The third-order valence-corrected chi connectivity index (χ3v) is 2.18. The number of halogens is 1. The van der Waals surface area contributed by atoms with Crippen molar-refractivity contribution in [2.45, 2.75) is 13.0 Å². The predicted molar refractivity (Wildman–Crippen MR) is 58.4 cm³/mol. The van der Waals surface area contributed by atoms with Gasteiger partial charge in [-0.1, -0.05) is 15.9 Å². The van der Waals surface area contributed by atoms with Crippen molar-refractivity contribution < 1.29 is 0 Å². The lowest BCUT2D eigenvalue weighted by molar-refractivity contribution is 0.947. The molecule has 0 aliphatic heterocycles. The maximum Gasteiger partial charge on any atom is 0.242 e. The van der Waals surface area contributed by atoms with Gasteiger partial charge in [0, 0.05) is 4.47 Å². The zero-order valence-corrected chi connectivity index (χ0v) is 9.56. The predicted octanol–water partition coefficient (Wildman–Crippen LogP) is 3.26. The Morgan fingerprint density at radius 2 is 2.00 bits per heavy atom. The van der Waals surface area contributed by atoms with E-state index in [9.17, 15) is 0 Å². The minimum atomic E-state index is -1.03. The third kappa shape index (κ3) is 3.16. The number of hydrogen-bond acceptors (Lipinski definition) is 4. The van der Waals surface area contributed by atoms with Crippen molar-refractivity contribution in [3.8, 4) is 12.1 Å². The fraction of sp³-hybridized carbons (Fsp3) is 0.200. The lowest BCUT2D eigenvalue weighted by Gasteiger charge is -1.98. The Balaban J connectivity index is 2.92. The third-order valence-electron chi connectivity index (χ3n) is 1.68. The molecule has 1 aromatic rings. The monoisotopic (exact) mass is 262 g/mol. The average Bonchev–Trinajstić information content (AvgIpc) is 2.22. The molecule has 0 saturated heterocycles. The van der Waals surface area contributed by atoms with Crippen LogP contribution < -0.4 is 0 Å². The van der Waals surface area contributed by atoms with Crippen LogP contribution >= 0.6 is 15.9 Å². The van der Waals surface area contributed by atoms with Gasteiger partial charge >= 0.3 is 0 Å². The Morgan fingerprint density at radius 3 is 2.53 bits per heavy atom. The first-order valence-electron chi connectivity index (χ1n) is 4.13. The smallest absolute Gasteiger partial charge is 0.195 e. The molecule has 0 atom stereocenters. The van der Waals surface area contributed by atoms with Gasteiger partial charge in [-0.25, -0.2) is 0 Å². The summed E-state index contributed by atoms with van der Waals surface area (Å²) in [5.41, 5.74) is 1.59. The molecule has 4 nitrogen and oxygen atoms in total. The number of rotatable bonds is 2. The van der Waals surface area contributed by atoms with Crippen molar-refractivity contribution >= 4 is 21.6 Å². The number of nitriles is 2. The second-order valence-electron chi connectivity index (χ2n) is 2.81. The number of azo groups is 1. The molecule has 0 amide bonds. The standard InChI is InChI=1S/C10H7BrN4/c1-7-4-8(11)2-3-10(7)15-14-9(5-12)6-13/h2-4,9H,1H3. The largest absolute Gasteiger partial charge is 0.242 e. The first-order valence-corrected chi connectivity index (χ1v) is 4.93. The summed E-state index contributed by atoms with van der Waals surface area (Å²) in [7, 11) is 0. The molecule has 0 aromatic heterocycles. The molecule has 1 aromatic carbocycles. The van der Waals surface area contributed by atoms with E-state index in [0.29, 0.717) is 5.69 Å². The maximum atomic E-state index is 8.48. The summed E-state index contributed by atoms with van der Waals surface area (Å²) in [5, 5.41) is 24.4. The van der Waals surface area contributed by atoms with Gasteiger partial charge in [0.2, 0.25) is 6.04 Å². The molecule has 5 heteroatoms. The molecule has 74 valence electrons. The van der Waals surface area contributed by atoms with E-state index in [1.807, 2.05) is 19.1 Å². The molecule has 0 heterocycles. The Kier molecular flexibility index (Phi) is 3.96. The summed E-state index contributed by atoms with van der Waals surface area (Å²) in [6.45, 7) is 1.88. The van der Waals surface area contributed by atoms with Gasteiger partial charge in [-0.3, -0.25) is 0 Å². The van der Waals surface area contributed by atoms with Crippen LogP contribution in [-0.4, -0.2) is 6.04 Å². The van der Waals surface area contributed by atoms with E-state index in [-0.39, 0.29) is 0 Å². The fourth-order valence-corrected chi connectivity index (χ4v) is 1.41. The van der Waals surface area contributed by atoms with E-state index in [4.69, 9.17) is 10.5 Å². The molecule has 0 fully saturated rings. The maximum absolute atomic E-state index is 8.48. The molecule has 0 unspecified atom stereocenters. The van der Waals surface area contributed by atoms with Crippen LogP contribution in [0.5, 0.6) is 0 Å². The van der Waals surface area contributed by atoms with Crippen molar-refractivity contribution in [2.75, 3.05) is 0 Å². The Bertz CT molecular complexity index is 453. The second-order valence-corrected chi connectivity index (χ2v) is 3.72. The van der Waals surface area contributed by atoms with Gasteiger partial charge in [0.05, 0.1) is 5.69 Å². The zero-order valence-electron chi connectivity index (χ0n) is 7.98. The van der Waals surface area contributed by atoms with Gasteiger partial charge in [-0.2, -0.15) is 20.8 Å². The van der Waals surface area contributed by atoms with Gasteiger partial charge in [-0.05, 0) is 30.7 Å². The van der Waals surface area contributed by atoms with Crippen LogP contribution in [0.4, 0.5) is 5.69 Å². The summed E-state index contributed by atoms with van der Waals surface area (Å²) in [5.74, 6) is 0. The van der Waals surface area contributed by atoms with E-state index < -0.39 is 6.04 Å². The Hall–Kier alpha value is -1.72. The number of benzene rings is 1. The highest BCUT2D eigenvalue weighted by Gasteiger charge is 2.02. The van der Waals surface area contributed by atoms with Crippen LogP contribution in [0.1, 0.15) is 5.56 Å². The molecule has 0 radical (unpaired) electrons. The molecular formula is C10H7BrN4. The first-order chi connectivity index (χ1) is 7.17. The van der Waals surface area contributed by atoms with Crippen molar-refractivity contribution in [1.29, 1.82) is 10.5 Å². The molecule has 0 spiro atoms. The van der Waals surface area contributed by atoms with Crippen molar-refractivity contribution in [3.63, 3.8) is 0 Å². The van der Waals surface area contributed by atoms with E-state index >= 15 is 0 Å². The highest BCUT2D eigenvalue weighted by atomic mass is 79.9. The van der Waals surface area contributed by atoms with Gasteiger partial charge in [0.25, 0.3) is 0 Å². The topological polar surface area (TPSA) is 72.3 Å². The fourth-order valence-electron chi connectivity index (χ4n) is 0.932. The molecule has 0 bridgehead atoms. The molecule has 15 heavy (non-hydrogen) atoms. The highest BCUT2D eigenvalue weighted by molar-refractivity contribution is 9.10. The van der Waals surface area contributed by atoms with Crippen LogP contribution in [-0.2, 0) is 0 Å². The second kappa shape index (κ2) is 5.23. The highest BCUT2D eigenvalue weighted by Crippen LogP contribution is 2.23. The Labute approximate surface area is 96.0 Å². The minimum absolute atomic E-state index is 0.661. The van der Waals surface area contributed by atoms with Crippen LogP contribution in [0, 0.1) is 29.6 Å². The van der Waals surface area contributed by atoms with Gasteiger partial charge in [0.1, 0.15) is 12.1 Å². The molecule has 1 rings (SSSR count). The molecule has 0 aliphatic rings. The molecule has 0 saturated carbocycles. The normalized spacial score (nSPS) is 10.2. The number of nitrogens with zero attached hydrogens (tertiary/aromatic N) is 4. The van der Waals surface area contributed by atoms with Crippen molar-refractivity contribution in [3.05, 3.63) is 28.2 Å². The summed E-state index contributed by atoms with van der Waals surface area (Å²) in [4.78, 5) is 0. The average molecular weight is 263 g/mol. The quantitative estimate of drug-likeness (QED) is 0.768. The van der Waals surface area contributed by atoms with E-state index in [1.54, 1.807) is 18.2 Å². The first kappa shape index (κ1) is 11.4. The van der Waals surface area contributed by atoms with Crippen LogP contribution in [0.25, 0.3) is 0 Å². The lowest BCUT2D eigenvalue weighted by Crippen LogP contribution is -1.92. The van der Waals surface area contributed by atoms with E-state index in [2.05, 4.69) is 26.2 Å². The minimum Gasteiger partial charge on any atom is -0.195 e. The van der Waals surface area contributed by atoms with E-state index in [1.165, 1.54) is 0 Å². The molecule has 0 aliphatic carbocycles. The van der Waals surface area contributed by atoms with Gasteiger partial charge < -0.3 is 0 Å². The van der Waals surface area contributed by atoms with Crippen LogP contribution in [0.3, 0.4) is 0 Å². The SMILES string of the molecule is Cc1cc(Br)ccc1N=NC(C#N)C#N. The van der Waals surface area contributed by atoms with Gasteiger partial charge in [0.15, 0.2) is 0 Å². The summed E-state index contributed by atoms with van der Waals surface area (Å²) in [6, 6.07) is 7.90. The van der Waals surface area contributed by atoms with Crippen molar-refractivity contribution in [2.24, 2.45) is 10.2 Å². The number of aryl methyl sites for hydroxylation is 1. The summed E-state index contributed by atoms with van der Waals surface area (Å²) in [6.07, 6.45) is 0. The van der Waals surface area contributed by atoms with E-state index in [0.717, 1.165) is 10.0 Å².